The third-order valence-electron chi connectivity index (χ3n) is 2.07. The van der Waals surface area contributed by atoms with Crippen LogP contribution in [0.15, 0.2) is 29.2 Å². The van der Waals surface area contributed by atoms with Gasteiger partial charge in [0.15, 0.2) is 0 Å². The number of nitrogens with one attached hydrogen (secondary N) is 1. The van der Waals surface area contributed by atoms with Crippen LogP contribution in [-0.4, -0.2) is 17.9 Å². The number of hydrogen-bond acceptors (Lipinski definition) is 3. The maximum atomic E-state index is 11.0. The number of carbonyl (C=O) groups is 1. The van der Waals surface area contributed by atoms with E-state index in [9.17, 15) is 4.79 Å². The molecule has 1 unspecified atom stereocenters. The van der Waals surface area contributed by atoms with Crippen molar-refractivity contribution < 1.29 is 4.79 Å². The summed E-state index contributed by atoms with van der Waals surface area (Å²) >= 11 is 3.37. The first-order valence-electron chi connectivity index (χ1n) is 4.34. The van der Waals surface area contributed by atoms with Gasteiger partial charge in [0, 0.05) is 4.90 Å². The van der Waals surface area contributed by atoms with Crippen LogP contribution in [0.25, 0.3) is 0 Å². The number of thioether (sulfide) groups is 2. The Labute approximate surface area is 91.8 Å². The van der Waals surface area contributed by atoms with Crippen molar-refractivity contribution in [2.24, 2.45) is 0 Å². The van der Waals surface area contributed by atoms with Gasteiger partial charge in [0.05, 0.1) is 5.75 Å². The Morgan fingerprint density at radius 3 is 3.07 bits per heavy atom. The van der Waals surface area contributed by atoms with E-state index >= 15 is 0 Å². The Morgan fingerprint density at radius 1 is 1.57 bits per heavy atom. The van der Waals surface area contributed by atoms with E-state index in [2.05, 4.69) is 29.8 Å². The molecule has 0 spiro atoms. The van der Waals surface area contributed by atoms with Crippen molar-refractivity contribution in [1.82, 2.24) is 5.32 Å². The summed E-state index contributed by atoms with van der Waals surface area (Å²) in [5.41, 5.74) is 1.19. The first kappa shape index (κ1) is 9.93. The minimum Gasteiger partial charge on any atom is -0.339 e. The highest BCUT2D eigenvalue weighted by Gasteiger charge is 2.22. The molecule has 1 aromatic carbocycles. The minimum atomic E-state index is 0.134. The molecule has 0 radical (unpaired) electrons. The van der Waals surface area contributed by atoms with E-state index in [1.54, 1.807) is 23.5 Å². The monoisotopic (exact) mass is 225 g/mol. The quantitative estimate of drug-likeness (QED) is 0.783. The van der Waals surface area contributed by atoms with Crippen LogP contribution in [-0.2, 0) is 4.79 Å². The Hall–Kier alpha value is -0.610. The second-order valence-electron chi connectivity index (χ2n) is 3.04. The molecule has 2 rings (SSSR count). The van der Waals surface area contributed by atoms with Crippen molar-refractivity contribution in [2.75, 3.05) is 12.0 Å². The molecule has 4 heteroatoms. The van der Waals surface area contributed by atoms with E-state index < -0.39 is 0 Å². The van der Waals surface area contributed by atoms with Gasteiger partial charge >= 0.3 is 0 Å². The van der Waals surface area contributed by atoms with E-state index in [1.165, 1.54) is 10.5 Å². The standard InChI is InChI=1S/C10H11NOS2/c1-13-8-4-2-3-7(5-8)10-11-9(12)6-14-10/h2-5,10H,6H2,1H3,(H,11,12). The van der Waals surface area contributed by atoms with Crippen molar-refractivity contribution in [2.45, 2.75) is 10.3 Å². The van der Waals surface area contributed by atoms with E-state index in [0.29, 0.717) is 5.75 Å². The van der Waals surface area contributed by atoms with Gasteiger partial charge < -0.3 is 5.32 Å². The van der Waals surface area contributed by atoms with Crippen LogP contribution < -0.4 is 5.32 Å². The molecule has 1 aliphatic heterocycles. The molecule has 2 nitrogen and oxygen atoms in total. The number of carbonyl (C=O) groups excluding carboxylic acids is 1. The lowest BCUT2D eigenvalue weighted by molar-refractivity contribution is -0.118. The lowest BCUT2D eigenvalue weighted by Crippen LogP contribution is -2.18. The van der Waals surface area contributed by atoms with Gasteiger partial charge in [-0.15, -0.1) is 23.5 Å². The second kappa shape index (κ2) is 4.28. The largest absolute Gasteiger partial charge is 0.339 e. The molecule has 1 atom stereocenters. The molecule has 14 heavy (non-hydrogen) atoms. The average molecular weight is 225 g/mol. The second-order valence-corrected chi connectivity index (χ2v) is 5.01. The molecule has 1 aliphatic rings. The van der Waals surface area contributed by atoms with Crippen molar-refractivity contribution in [3.05, 3.63) is 29.8 Å². The molecular weight excluding hydrogens is 214 g/mol. The number of hydrogen-bond donors (Lipinski definition) is 1. The molecule has 0 bridgehead atoms. The highest BCUT2D eigenvalue weighted by atomic mass is 32.2. The first-order valence-corrected chi connectivity index (χ1v) is 6.62. The zero-order chi connectivity index (χ0) is 9.97. The summed E-state index contributed by atoms with van der Waals surface area (Å²) in [6.45, 7) is 0. The maximum Gasteiger partial charge on any atom is 0.231 e. The van der Waals surface area contributed by atoms with E-state index in [4.69, 9.17) is 0 Å². The molecule has 1 saturated heterocycles. The summed E-state index contributed by atoms with van der Waals surface area (Å²) in [7, 11) is 0. The van der Waals surface area contributed by atoms with Crippen molar-refractivity contribution in [1.29, 1.82) is 0 Å². The smallest absolute Gasteiger partial charge is 0.231 e. The molecule has 1 aromatic rings. The molecule has 1 amide bonds. The Kier molecular flexibility index (Phi) is 3.03. The summed E-state index contributed by atoms with van der Waals surface area (Å²) < 4.78 is 0. The van der Waals surface area contributed by atoms with Crippen LogP contribution in [0.5, 0.6) is 0 Å². The van der Waals surface area contributed by atoms with Crippen molar-refractivity contribution >= 4 is 29.4 Å². The predicted octanol–water partition coefficient (Wildman–Crippen LogP) is 2.27. The van der Waals surface area contributed by atoms with Crippen LogP contribution in [0, 0.1) is 0 Å². The first-order chi connectivity index (χ1) is 6.79. The van der Waals surface area contributed by atoms with Crippen molar-refractivity contribution in [3.63, 3.8) is 0 Å². The predicted molar refractivity (Wildman–Crippen MR) is 61.6 cm³/mol. The molecule has 1 N–H and O–H groups in total. The normalized spacial score (nSPS) is 20.9. The summed E-state index contributed by atoms with van der Waals surface area (Å²) in [6, 6.07) is 8.30. The van der Waals surface area contributed by atoms with E-state index in [1.807, 2.05) is 6.07 Å². The van der Waals surface area contributed by atoms with Gasteiger partial charge in [-0.3, -0.25) is 4.79 Å². The Morgan fingerprint density at radius 2 is 2.43 bits per heavy atom. The Bertz CT molecular complexity index is 354. The maximum absolute atomic E-state index is 11.0. The molecule has 0 aliphatic carbocycles. The van der Waals surface area contributed by atoms with Gasteiger partial charge in [-0.05, 0) is 24.0 Å². The number of rotatable bonds is 2. The molecule has 1 heterocycles. The molecule has 74 valence electrons. The third-order valence-corrected chi connectivity index (χ3v) is 3.95. The SMILES string of the molecule is CSc1cccc(C2NC(=O)CS2)c1. The molecule has 0 saturated carbocycles. The highest BCUT2D eigenvalue weighted by Crippen LogP contribution is 2.31. The molecule has 1 fully saturated rings. The highest BCUT2D eigenvalue weighted by molar-refractivity contribution is 8.00. The van der Waals surface area contributed by atoms with Crippen LogP contribution in [0.3, 0.4) is 0 Å². The molecule has 0 aromatic heterocycles. The Balaban J connectivity index is 2.19. The zero-order valence-corrected chi connectivity index (χ0v) is 9.45. The fourth-order valence-corrected chi connectivity index (χ4v) is 2.80. The summed E-state index contributed by atoms with van der Waals surface area (Å²) in [5, 5.41) is 3.08. The number of amides is 1. The van der Waals surface area contributed by atoms with Gasteiger partial charge in [-0.25, -0.2) is 0 Å². The average Bonchev–Trinajstić information content (AvgIpc) is 2.65. The third kappa shape index (κ3) is 2.07. The van der Waals surface area contributed by atoms with Gasteiger partial charge in [-0.1, -0.05) is 12.1 Å². The van der Waals surface area contributed by atoms with Gasteiger partial charge in [-0.2, -0.15) is 0 Å². The van der Waals surface area contributed by atoms with Gasteiger partial charge in [0.1, 0.15) is 5.37 Å². The van der Waals surface area contributed by atoms with Crippen molar-refractivity contribution in [3.8, 4) is 0 Å². The summed E-state index contributed by atoms with van der Waals surface area (Å²) in [5.74, 6) is 0.711. The minimum absolute atomic E-state index is 0.134. The fraction of sp³-hybridized carbons (Fsp3) is 0.300. The van der Waals surface area contributed by atoms with Crippen LogP contribution >= 0.6 is 23.5 Å². The van der Waals surface area contributed by atoms with Crippen LogP contribution in [0.4, 0.5) is 0 Å². The van der Waals surface area contributed by atoms with E-state index in [-0.39, 0.29) is 11.3 Å². The zero-order valence-electron chi connectivity index (χ0n) is 7.82. The summed E-state index contributed by atoms with van der Waals surface area (Å²) in [6.07, 6.45) is 2.06. The molecular formula is C10H11NOS2. The van der Waals surface area contributed by atoms with Gasteiger partial charge in [0.2, 0.25) is 5.91 Å². The summed E-state index contributed by atoms with van der Waals surface area (Å²) in [4.78, 5) is 12.3. The number of benzene rings is 1. The topological polar surface area (TPSA) is 29.1 Å². The van der Waals surface area contributed by atoms with E-state index in [0.717, 1.165) is 0 Å². The lowest BCUT2D eigenvalue weighted by Gasteiger charge is -2.10. The lowest BCUT2D eigenvalue weighted by atomic mass is 10.2. The van der Waals surface area contributed by atoms with Crippen LogP contribution in [0.1, 0.15) is 10.9 Å². The van der Waals surface area contributed by atoms with Crippen LogP contribution in [0.2, 0.25) is 0 Å². The van der Waals surface area contributed by atoms with Gasteiger partial charge in [0.25, 0.3) is 0 Å². The fourth-order valence-electron chi connectivity index (χ4n) is 1.37.